The Labute approximate surface area is 365 Å². The fourth-order valence-electron chi connectivity index (χ4n) is 10.7. The number of rotatable bonds is 7. The van der Waals surface area contributed by atoms with E-state index >= 15 is 0 Å². The normalized spacial score (nSPS) is 22.1. The molecule has 0 radical (unpaired) electrons. The summed E-state index contributed by atoms with van der Waals surface area (Å²) in [7, 11) is 0. The van der Waals surface area contributed by atoms with Crippen LogP contribution in [0.5, 0.6) is 0 Å². The molecular formula is C57H51N5. The Morgan fingerprint density at radius 3 is 1.98 bits per heavy atom. The van der Waals surface area contributed by atoms with Crippen molar-refractivity contribution in [2.45, 2.75) is 75.5 Å². The van der Waals surface area contributed by atoms with Gasteiger partial charge in [0.15, 0.2) is 17.5 Å². The molecule has 0 N–H and O–H groups in total. The summed E-state index contributed by atoms with van der Waals surface area (Å²) < 4.78 is 0. The van der Waals surface area contributed by atoms with Gasteiger partial charge in [-0.1, -0.05) is 190 Å². The van der Waals surface area contributed by atoms with Crippen LogP contribution in [0.25, 0.3) is 56.2 Å². The van der Waals surface area contributed by atoms with Crippen molar-refractivity contribution in [3.8, 4) is 45.0 Å². The molecule has 62 heavy (non-hydrogen) atoms. The maximum atomic E-state index is 5.24. The maximum absolute atomic E-state index is 5.24. The first kappa shape index (κ1) is 38.3. The molecule has 5 heteroatoms. The van der Waals surface area contributed by atoms with Gasteiger partial charge in [0.05, 0.1) is 11.4 Å². The monoisotopic (exact) mass is 805 g/mol. The summed E-state index contributed by atoms with van der Waals surface area (Å²) in [5.74, 6) is 4.39. The minimum Gasteiger partial charge on any atom is -0.228 e. The zero-order valence-electron chi connectivity index (χ0n) is 35.4. The Hall–Kier alpha value is -6.59. The van der Waals surface area contributed by atoms with Crippen molar-refractivity contribution >= 4 is 11.1 Å². The van der Waals surface area contributed by atoms with Crippen molar-refractivity contribution in [1.82, 2.24) is 24.9 Å². The second-order valence-electron chi connectivity index (χ2n) is 17.9. The second kappa shape index (κ2) is 16.4. The van der Waals surface area contributed by atoms with Crippen molar-refractivity contribution < 1.29 is 0 Å². The molecule has 0 aliphatic heterocycles. The molecule has 5 aliphatic rings. The molecule has 1 fully saturated rings. The minimum absolute atomic E-state index is 0.00390. The van der Waals surface area contributed by atoms with Crippen molar-refractivity contribution in [2.75, 3.05) is 0 Å². The molecule has 2 bridgehead atoms. The highest BCUT2D eigenvalue weighted by Crippen LogP contribution is 2.56. The summed E-state index contributed by atoms with van der Waals surface area (Å²) in [6.45, 7) is 2.24. The molecule has 2 aromatic heterocycles. The van der Waals surface area contributed by atoms with E-state index in [0.717, 1.165) is 63.7 Å². The van der Waals surface area contributed by atoms with Gasteiger partial charge in [0.1, 0.15) is 5.82 Å². The summed E-state index contributed by atoms with van der Waals surface area (Å²) in [6.07, 6.45) is 32.2. The number of aromatic nitrogens is 5. The minimum atomic E-state index is -0.00390. The van der Waals surface area contributed by atoms with Gasteiger partial charge in [-0.2, -0.15) is 0 Å². The summed E-state index contributed by atoms with van der Waals surface area (Å²) >= 11 is 0. The first-order valence-electron chi connectivity index (χ1n) is 22.7. The van der Waals surface area contributed by atoms with E-state index in [1.807, 2.05) is 24.3 Å². The fourth-order valence-corrected chi connectivity index (χ4v) is 10.7. The van der Waals surface area contributed by atoms with Crippen LogP contribution < -0.4 is 0 Å². The van der Waals surface area contributed by atoms with Crippen LogP contribution in [0.1, 0.15) is 98.7 Å². The van der Waals surface area contributed by atoms with Crippen LogP contribution in [0.15, 0.2) is 170 Å². The van der Waals surface area contributed by atoms with Gasteiger partial charge in [0.25, 0.3) is 0 Å². The van der Waals surface area contributed by atoms with E-state index in [1.165, 1.54) is 55.2 Å². The SMILES string of the molecule is CC1CC=CC=C1c1nc(-c2ccccc2)nc(C2C=CC(c3nc(-c4ccccc4)cc(-c4ccc(-c5ccc6c(c5)C5C=CC=CC(C5)C65CCCCC5)cc4)n3)=CC2)n1. The van der Waals surface area contributed by atoms with Crippen LogP contribution in [0.3, 0.4) is 0 Å². The Bertz CT molecular complexity index is 2820. The molecule has 5 nitrogen and oxygen atoms in total. The van der Waals surface area contributed by atoms with Gasteiger partial charge in [-0.25, -0.2) is 24.9 Å². The number of fused-ring (bicyclic) bond motifs is 6. The van der Waals surface area contributed by atoms with Crippen molar-refractivity contribution in [2.24, 2.45) is 11.8 Å². The van der Waals surface area contributed by atoms with E-state index < -0.39 is 0 Å². The fraction of sp³-hybridized carbons (Fsp3) is 0.246. The van der Waals surface area contributed by atoms with E-state index in [9.17, 15) is 0 Å². The maximum Gasteiger partial charge on any atom is 0.163 e. The predicted octanol–water partition coefficient (Wildman–Crippen LogP) is 13.9. The number of allylic oxidation sites excluding steroid dienone is 12. The molecule has 2 heterocycles. The smallest absolute Gasteiger partial charge is 0.163 e. The van der Waals surface area contributed by atoms with Crippen LogP contribution in [0, 0.1) is 11.8 Å². The highest BCUT2D eigenvalue weighted by Gasteiger charge is 2.46. The quantitative estimate of drug-likeness (QED) is 0.161. The van der Waals surface area contributed by atoms with Crippen LogP contribution in [-0.2, 0) is 5.41 Å². The number of hydrogen-bond acceptors (Lipinski definition) is 5. The standard InChI is InChI=1S/C57H51N5/c1-38-15-9-12-22-48(38)56-61-54(42-18-7-3-8-19-42)60-55(62-56)44-29-27-43(28-30-44)53-58-51(40-16-5-2-6-17-40)37-52(59-53)41-25-23-39(24-26-41)45-31-32-50-49(36-45)46-20-10-11-21-47(35-46)57(50)33-13-4-14-34-57/h2-3,5-12,16-29,31-32,36-38,44,46-47H,4,13-15,30,33-35H2,1H3. The van der Waals surface area contributed by atoms with E-state index in [4.69, 9.17) is 24.9 Å². The molecule has 1 saturated carbocycles. The zero-order chi connectivity index (χ0) is 41.5. The molecule has 4 aromatic carbocycles. The number of hydrogen-bond donors (Lipinski definition) is 0. The van der Waals surface area contributed by atoms with Gasteiger partial charge in [0, 0.05) is 45.1 Å². The van der Waals surface area contributed by atoms with Crippen LogP contribution in [-0.4, -0.2) is 24.9 Å². The molecule has 4 unspecified atom stereocenters. The number of nitrogens with zero attached hydrogens (tertiary/aromatic N) is 5. The third-order valence-electron chi connectivity index (χ3n) is 14.1. The topological polar surface area (TPSA) is 64.5 Å². The van der Waals surface area contributed by atoms with Crippen molar-refractivity contribution in [3.63, 3.8) is 0 Å². The largest absolute Gasteiger partial charge is 0.228 e. The first-order chi connectivity index (χ1) is 30.6. The molecule has 0 amide bonds. The van der Waals surface area contributed by atoms with E-state index in [-0.39, 0.29) is 11.3 Å². The summed E-state index contributed by atoms with van der Waals surface area (Å²) in [5, 5.41) is 0. The lowest BCUT2D eigenvalue weighted by molar-refractivity contribution is 0.195. The molecule has 6 aromatic rings. The van der Waals surface area contributed by atoms with Crippen molar-refractivity contribution in [1.29, 1.82) is 0 Å². The van der Waals surface area contributed by atoms with Gasteiger partial charge in [-0.15, -0.1) is 0 Å². The van der Waals surface area contributed by atoms with E-state index in [0.29, 0.717) is 29.4 Å². The zero-order valence-corrected chi connectivity index (χ0v) is 35.4. The third-order valence-corrected chi connectivity index (χ3v) is 14.1. The Morgan fingerprint density at radius 1 is 0.548 bits per heavy atom. The van der Waals surface area contributed by atoms with Crippen LogP contribution >= 0.6 is 0 Å². The van der Waals surface area contributed by atoms with Crippen molar-refractivity contribution in [3.05, 3.63) is 199 Å². The van der Waals surface area contributed by atoms with E-state index in [2.05, 4.69) is 153 Å². The van der Waals surface area contributed by atoms with Gasteiger partial charge in [-0.3, -0.25) is 0 Å². The molecule has 5 aliphatic carbocycles. The lowest BCUT2D eigenvalue weighted by atomic mass is 9.55. The summed E-state index contributed by atoms with van der Waals surface area (Å²) in [4.78, 5) is 25.6. The lowest BCUT2D eigenvalue weighted by Crippen LogP contribution is -2.41. The molecule has 304 valence electrons. The Morgan fingerprint density at radius 2 is 1.24 bits per heavy atom. The van der Waals surface area contributed by atoms with Gasteiger partial charge < -0.3 is 0 Å². The molecule has 0 saturated heterocycles. The molecule has 11 rings (SSSR count). The lowest BCUT2D eigenvalue weighted by Gasteiger charge is -2.49. The van der Waals surface area contributed by atoms with Crippen LogP contribution in [0.2, 0.25) is 0 Å². The average molecular weight is 806 g/mol. The highest BCUT2D eigenvalue weighted by molar-refractivity contribution is 5.77. The third kappa shape index (κ3) is 7.23. The van der Waals surface area contributed by atoms with Gasteiger partial charge in [-0.05, 0) is 72.3 Å². The highest BCUT2D eigenvalue weighted by atomic mass is 15.0. The molecule has 1 spiro atoms. The molecule has 4 atom stereocenters. The summed E-state index contributed by atoms with van der Waals surface area (Å²) in [5.41, 5.74) is 13.0. The first-order valence-corrected chi connectivity index (χ1v) is 22.7. The molecular weight excluding hydrogens is 755 g/mol. The van der Waals surface area contributed by atoms with E-state index in [1.54, 1.807) is 5.56 Å². The predicted molar refractivity (Wildman–Crippen MR) is 253 cm³/mol. The van der Waals surface area contributed by atoms with Gasteiger partial charge >= 0.3 is 0 Å². The second-order valence-corrected chi connectivity index (χ2v) is 17.9. The average Bonchev–Trinajstić information content (AvgIpc) is 3.59. The Balaban J connectivity index is 0.906. The van der Waals surface area contributed by atoms with Crippen LogP contribution in [0.4, 0.5) is 0 Å². The summed E-state index contributed by atoms with van der Waals surface area (Å²) in [6, 6.07) is 39.2. The number of benzene rings is 4. The Kier molecular flexibility index (Phi) is 10.1. The van der Waals surface area contributed by atoms with Gasteiger partial charge in [0.2, 0.25) is 0 Å².